The van der Waals surface area contributed by atoms with Crippen LogP contribution in [0.15, 0.2) is 36.7 Å². The van der Waals surface area contributed by atoms with E-state index in [0.717, 1.165) is 0 Å². The van der Waals surface area contributed by atoms with E-state index in [0.29, 0.717) is 24.2 Å². The number of nitriles is 1. The van der Waals surface area contributed by atoms with Crippen molar-refractivity contribution in [2.75, 3.05) is 6.54 Å². The molecule has 0 unspecified atom stereocenters. The number of carbonyl (C=O) groups excluding carboxylic acids is 1. The summed E-state index contributed by atoms with van der Waals surface area (Å²) in [5.41, 5.74) is 0.951. The van der Waals surface area contributed by atoms with Crippen molar-refractivity contribution in [3.63, 3.8) is 0 Å². The zero-order chi connectivity index (χ0) is 12.8. The fourth-order valence-corrected chi connectivity index (χ4v) is 1.47. The summed E-state index contributed by atoms with van der Waals surface area (Å²) in [6, 6.07) is 8.58. The average Bonchev–Trinajstić information content (AvgIpc) is 2.92. The summed E-state index contributed by atoms with van der Waals surface area (Å²) in [6.07, 6.45) is 3.31. The van der Waals surface area contributed by atoms with E-state index in [2.05, 4.69) is 15.6 Å². The summed E-state index contributed by atoms with van der Waals surface area (Å²) in [5, 5.41) is 18.9. The highest BCUT2D eigenvalue weighted by Gasteiger charge is 2.05. The first-order valence-electron chi connectivity index (χ1n) is 5.42. The minimum atomic E-state index is -0.202. The lowest BCUT2D eigenvalue weighted by molar-refractivity contribution is 0.0952. The first-order valence-corrected chi connectivity index (χ1v) is 5.42. The van der Waals surface area contributed by atoms with Gasteiger partial charge in [0, 0.05) is 18.3 Å². The Morgan fingerprint density at radius 2 is 2.39 bits per heavy atom. The summed E-state index contributed by atoms with van der Waals surface area (Å²) in [7, 11) is 0. The molecule has 1 aromatic heterocycles. The van der Waals surface area contributed by atoms with E-state index in [1.165, 1.54) is 0 Å². The van der Waals surface area contributed by atoms with Gasteiger partial charge in [-0.05, 0) is 18.2 Å². The van der Waals surface area contributed by atoms with Crippen LogP contribution in [0.2, 0.25) is 0 Å². The first kappa shape index (κ1) is 11.8. The number of hydrogen-bond donors (Lipinski definition) is 1. The van der Waals surface area contributed by atoms with Crippen molar-refractivity contribution in [3.05, 3.63) is 47.8 Å². The summed E-state index contributed by atoms with van der Waals surface area (Å²) in [4.78, 5) is 11.8. The van der Waals surface area contributed by atoms with Gasteiger partial charge in [-0.15, -0.1) is 5.10 Å². The van der Waals surface area contributed by atoms with Gasteiger partial charge in [0.25, 0.3) is 5.91 Å². The van der Waals surface area contributed by atoms with Crippen molar-refractivity contribution in [2.24, 2.45) is 0 Å². The van der Waals surface area contributed by atoms with Gasteiger partial charge in [-0.25, -0.2) is 0 Å². The maximum atomic E-state index is 11.8. The molecule has 2 aromatic rings. The number of amides is 1. The van der Waals surface area contributed by atoms with Crippen molar-refractivity contribution in [1.82, 2.24) is 20.3 Å². The zero-order valence-electron chi connectivity index (χ0n) is 9.58. The molecule has 0 aliphatic carbocycles. The normalized spacial score (nSPS) is 9.72. The average molecular weight is 241 g/mol. The van der Waals surface area contributed by atoms with E-state index < -0.39 is 0 Å². The molecule has 0 aliphatic rings. The molecule has 6 nitrogen and oxygen atoms in total. The van der Waals surface area contributed by atoms with Crippen molar-refractivity contribution in [2.45, 2.75) is 6.54 Å². The summed E-state index contributed by atoms with van der Waals surface area (Å²) < 4.78 is 1.63. The number of hydrogen-bond acceptors (Lipinski definition) is 4. The topological polar surface area (TPSA) is 83.6 Å². The van der Waals surface area contributed by atoms with Crippen LogP contribution in [-0.4, -0.2) is 27.4 Å². The maximum absolute atomic E-state index is 11.8. The smallest absolute Gasteiger partial charge is 0.251 e. The lowest BCUT2D eigenvalue weighted by Crippen LogP contribution is -2.27. The SMILES string of the molecule is N#Cc1cccc(C(=O)NCCn2ccnn2)c1. The Morgan fingerprint density at radius 3 is 3.11 bits per heavy atom. The third kappa shape index (κ3) is 2.92. The second kappa shape index (κ2) is 5.59. The van der Waals surface area contributed by atoms with Crippen molar-refractivity contribution in [1.29, 1.82) is 5.26 Å². The highest BCUT2D eigenvalue weighted by atomic mass is 16.1. The minimum Gasteiger partial charge on any atom is -0.350 e. The number of nitrogens with zero attached hydrogens (tertiary/aromatic N) is 4. The third-order valence-electron chi connectivity index (χ3n) is 2.35. The fourth-order valence-electron chi connectivity index (χ4n) is 1.47. The van der Waals surface area contributed by atoms with Crippen molar-refractivity contribution >= 4 is 5.91 Å². The lowest BCUT2D eigenvalue weighted by Gasteiger charge is -2.05. The Morgan fingerprint density at radius 1 is 1.50 bits per heavy atom. The van der Waals surface area contributed by atoms with Crippen LogP contribution >= 0.6 is 0 Å². The molecular formula is C12H11N5O. The molecule has 0 spiro atoms. The minimum absolute atomic E-state index is 0.202. The van der Waals surface area contributed by atoms with Crippen molar-refractivity contribution < 1.29 is 4.79 Å². The third-order valence-corrected chi connectivity index (χ3v) is 2.35. The fraction of sp³-hybridized carbons (Fsp3) is 0.167. The van der Waals surface area contributed by atoms with E-state index in [4.69, 9.17) is 5.26 Å². The van der Waals surface area contributed by atoms with Gasteiger partial charge in [-0.3, -0.25) is 9.48 Å². The molecule has 0 saturated carbocycles. The Kier molecular flexibility index (Phi) is 3.66. The largest absolute Gasteiger partial charge is 0.350 e. The molecule has 0 bridgehead atoms. The summed E-state index contributed by atoms with van der Waals surface area (Å²) in [6.45, 7) is 1.02. The predicted octanol–water partition coefficient (Wildman–Crippen LogP) is 0.580. The molecule has 0 fully saturated rings. The van der Waals surface area contributed by atoms with E-state index >= 15 is 0 Å². The van der Waals surface area contributed by atoms with Crippen LogP contribution in [0, 0.1) is 11.3 Å². The second-order valence-corrected chi connectivity index (χ2v) is 3.61. The molecule has 18 heavy (non-hydrogen) atoms. The van der Waals surface area contributed by atoms with E-state index in [1.54, 1.807) is 41.3 Å². The van der Waals surface area contributed by atoms with E-state index in [9.17, 15) is 4.79 Å². The van der Waals surface area contributed by atoms with Crippen LogP contribution in [-0.2, 0) is 6.54 Å². The van der Waals surface area contributed by atoms with Gasteiger partial charge in [0.05, 0.1) is 24.4 Å². The molecule has 2 rings (SSSR count). The first-order chi connectivity index (χ1) is 8.79. The van der Waals surface area contributed by atoms with Crippen LogP contribution < -0.4 is 5.32 Å². The maximum Gasteiger partial charge on any atom is 0.251 e. The van der Waals surface area contributed by atoms with Crippen LogP contribution in [0.4, 0.5) is 0 Å². The number of rotatable bonds is 4. The zero-order valence-corrected chi connectivity index (χ0v) is 9.58. The number of carbonyl (C=O) groups is 1. The summed E-state index contributed by atoms with van der Waals surface area (Å²) >= 11 is 0. The monoisotopic (exact) mass is 241 g/mol. The molecule has 1 heterocycles. The molecular weight excluding hydrogens is 230 g/mol. The van der Waals surface area contributed by atoms with Crippen molar-refractivity contribution in [3.8, 4) is 6.07 Å². The van der Waals surface area contributed by atoms with Gasteiger partial charge < -0.3 is 5.32 Å². The van der Waals surface area contributed by atoms with Crippen LogP contribution in [0.3, 0.4) is 0 Å². The molecule has 0 atom stereocenters. The van der Waals surface area contributed by atoms with E-state index in [-0.39, 0.29) is 5.91 Å². The number of aromatic nitrogens is 3. The quantitative estimate of drug-likeness (QED) is 0.848. The number of benzene rings is 1. The van der Waals surface area contributed by atoms with Gasteiger partial charge in [0.1, 0.15) is 0 Å². The highest BCUT2D eigenvalue weighted by Crippen LogP contribution is 2.03. The second-order valence-electron chi connectivity index (χ2n) is 3.61. The van der Waals surface area contributed by atoms with Crippen LogP contribution in [0.25, 0.3) is 0 Å². The van der Waals surface area contributed by atoms with Crippen LogP contribution in [0.5, 0.6) is 0 Å². The summed E-state index contributed by atoms with van der Waals surface area (Å²) in [5.74, 6) is -0.202. The lowest BCUT2D eigenvalue weighted by atomic mass is 10.1. The molecule has 0 radical (unpaired) electrons. The van der Waals surface area contributed by atoms with Gasteiger partial charge >= 0.3 is 0 Å². The molecule has 0 aliphatic heterocycles. The molecule has 1 N–H and O–H groups in total. The van der Waals surface area contributed by atoms with Gasteiger partial charge in [0.2, 0.25) is 0 Å². The van der Waals surface area contributed by atoms with Gasteiger partial charge in [-0.1, -0.05) is 11.3 Å². The Hall–Kier alpha value is -2.68. The Labute approximate surface area is 104 Å². The Balaban J connectivity index is 1.89. The standard InChI is InChI=1S/C12H11N5O/c13-9-10-2-1-3-11(8-10)12(18)14-4-6-17-7-5-15-16-17/h1-3,5,7-8H,4,6H2,(H,14,18). The van der Waals surface area contributed by atoms with E-state index in [1.807, 2.05) is 6.07 Å². The van der Waals surface area contributed by atoms with Gasteiger partial charge in [-0.2, -0.15) is 5.26 Å². The molecule has 0 saturated heterocycles. The molecule has 1 amide bonds. The number of nitrogens with one attached hydrogen (secondary N) is 1. The highest BCUT2D eigenvalue weighted by molar-refractivity contribution is 5.94. The van der Waals surface area contributed by atoms with Crippen LogP contribution in [0.1, 0.15) is 15.9 Å². The molecule has 90 valence electrons. The predicted molar refractivity (Wildman–Crippen MR) is 63.5 cm³/mol. The molecule has 6 heteroatoms. The van der Waals surface area contributed by atoms with Gasteiger partial charge in [0.15, 0.2) is 0 Å². The molecule has 1 aromatic carbocycles. The Bertz CT molecular complexity index is 570.